The van der Waals surface area contributed by atoms with Gasteiger partial charge < -0.3 is 0 Å². The Bertz CT molecular complexity index is 166. The molecule has 1 aliphatic rings. The topological polar surface area (TPSA) is 54.1 Å². The molecule has 4 nitrogen and oxygen atoms in total. The van der Waals surface area contributed by atoms with Crippen LogP contribution in [-0.4, -0.2) is 12.4 Å². The molecule has 0 fully saturated rings. The van der Waals surface area contributed by atoms with Crippen LogP contribution >= 0.6 is 0 Å². The van der Waals surface area contributed by atoms with Crippen molar-refractivity contribution in [2.24, 2.45) is 15.2 Å². The van der Waals surface area contributed by atoms with Gasteiger partial charge in [0.15, 0.2) is 5.82 Å². The second-order valence-electron chi connectivity index (χ2n) is 1.15. The highest BCUT2D eigenvalue weighted by atomic mass is 16.2. The number of aliphatic imine (C=N–C) groups is 2. The molecule has 0 N–H and O–H groups in total. The minimum atomic E-state index is 0.361. The molecule has 0 radical (unpaired) electrons. The summed E-state index contributed by atoms with van der Waals surface area (Å²) in [5.41, 5.74) is 0. The van der Waals surface area contributed by atoms with Gasteiger partial charge >= 0.3 is 0 Å². The molecule has 1 rings (SSSR count). The van der Waals surface area contributed by atoms with E-state index >= 15 is 0 Å². The van der Waals surface area contributed by atoms with E-state index < -0.39 is 0 Å². The van der Waals surface area contributed by atoms with Gasteiger partial charge in [0.1, 0.15) is 6.20 Å². The van der Waals surface area contributed by atoms with Crippen molar-refractivity contribution in [3.63, 3.8) is 0 Å². The molecule has 0 aromatic rings. The van der Waals surface area contributed by atoms with E-state index in [0.29, 0.717) is 5.82 Å². The van der Waals surface area contributed by atoms with Crippen LogP contribution in [0.5, 0.6) is 0 Å². The van der Waals surface area contributed by atoms with E-state index in [0.717, 1.165) is 6.20 Å². The SMILES string of the molecule is O=NC=C1N=CC=N1. The molecule has 40 valence electrons. The van der Waals surface area contributed by atoms with Gasteiger partial charge in [-0.2, -0.15) is 0 Å². The van der Waals surface area contributed by atoms with E-state index in [1.807, 2.05) is 0 Å². The van der Waals surface area contributed by atoms with Crippen molar-refractivity contribution in [1.29, 1.82) is 0 Å². The normalized spacial score (nSPS) is 14.8. The Hall–Kier alpha value is -1.32. The van der Waals surface area contributed by atoms with Crippen molar-refractivity contribution < 1.29 is 0 Å². The molecule has 0 amide bonds. The lowest BCUT2D eigenvalue weighted by molar-refractivity contribution is 1.25. The highest BCUT2D eigenvalue weighted by Gasteiger charge is 1.90. The molecule has 0 aromatic heterocycles. The Balaban J connectivity index is 2.74. The smallest absolute Gasteiger partial charge is 0.174 e. The summed E-state index contributed by atoms with van der Waals surface area (Å²) in [6.07, 6.45) is 4.05. The molecular weight excluding hydrogens is 106 g/mol. The van der Waals surface area contributed by atoms with Gasteiger partial charge in [0.25, 0.3) is 0 Å². The highest BCUT2D eigenvalue weighted by molar-refractivity contribution is 6.18. The van der Waals surface area contributed by atoms with Crippen molar-refractivity contribution in [2.45, 2.75) is 0 Å². The van der Waals surface area contributed by atoms with Crippen molar-refractivity contribution in [3.8, 4) is 0 Å². The van der Waals surface area contributed by atoms with E-state index in [-0.39, 0.29) is 0 Å². The fraction of sp³-hybridized carbons (Fsp3) is 0. The van der Waals surface area contributed by atoms with Gasteiger partial charge in [-0.15, -0.1) is 4.91 Å². The molecule has 0 unspecified atom stereocenters. The molecule has 1 aliphatic heterocycles. The minimum Gasteiger partial charge on any atom is -0.234 e. The van der Waals surface area contributed by atoms with E-state index in [1.165, 1.54) is 12.4 Å². The van der Waals surface area contributed by atoms with Crippen LogP contribution in [0, 0.1) is 4.91 Å². The maximum atomic E-state index is 9.49. The van der Waals surface area contributed by atoms with Crippen LogP contribution in [0.25, 0.3) is 0 Å². The van der Waals surface area contributed by atoms with E-state index in [4.69, 9.17) is 0 Å². The molecule has 0 atom stereocenters. The predicted molar refractivity (Wildman–Crippen MR) is 30.9 cm³/mol. The third-order valence-electron chi connectivity index (χ3n) is 0.648. The molecule has 0 spiro atoms. The Morgan fingerprint density at radius 2 is 2.12 bits per heavy atom. The summed E-state index contributed by atoms with van der Waals surface area (Å²) >= 11 is 0. The fourth-order valence-electron chi connectivity index (χ4n) is 0.367. The second-order valence-corrected chi connectivity index (χ2v) is 1.15. The van der Waals surface area contributed by atoms with Crippen molar-refractivity contribution in [2.75, 3.05) is 0 Å². The summed E-state index contributed by atoms with van der Waals surface area (Å²) in [7, 11) is 0. The largest absolute Gasteiger partial charge is 0.234 e. The molecule has 0 saturated heterocycles. The first-order valence-electron chi connectivity index (χ1n) is 2.03. The maximum Gasteiger partial charge on any atom is 0.174 e. The zero-order valence-electron chi connectivity index (χ0n) is 3.98. The van der Waals surface area contributed by atoms with E-state index in [1.54, 1.807) is 0 Å². The summed E-state index contributed by atoms with van der Waals surface area (Å²) in [6, 6.07) is 0. The number of nitrogens with zero attached hydrogens (tertiary/aromatic N) is 3. The average molecular weight is 109 g/mol. The number of nitroso groups, excluding NO2 is 1. The van der Waals surface area contributed by atoms with Gasteiger partial charge in [0.05, 0.1) is 0 Å². The number of hydrogen-bond acceptors (Lipinski definition) is 4. The Kier molecular flexibility index (Phi) is 1.27. The van der Waals surface area contributed by atoms with Gasteiger partial charge in [-0.1, -0.05) is 0 Å². The lowest BCUT2D eigenvalue weighted by Gasteiger charge is -1.75. The van der Waals surface area contributed by atoms with Gasteiger partial charge in [-0.25, -0.2) is 9.98 Å². The quantitative estimate of drug-likeness (QED) is 0.457. The van der Waals surface area contributed by atoms with Crippen molar-refractivity contribution >= 4 is 12.4 Å². The number of rotatable bonds is 1. The lowest BCUT2D eigenvalue weighted by atomic mass is 10.8. The van der Waals surface area contributed by atoms with E-state index in [9.17, 15) is 4.91 Å². The summed E-state index contributed by atoms with van der Waals surface area (Å²) in [5, 5.41) is 2.48. The second kappa shape index (κ2) is 2.11. The molecule has 0 aromatic carbocycles. The van der Waals surface area contributed by atoms with Gasteiger partial charge in [0.2, 0.25) is 0 Å². The maximum absolute atomic E-state index is 9.49. The molecule has 0 bridgehead atoms. The van der Waals surface area contributed by atoms with Crippen LogP contribution < -0.4 is 0 Å². The molecule has 8 heavy (non-hydrogen) atoms. The van der Waals surface area contributed by atoms with Gasteiger partial charge in [-0.05, 0) is 5.18 Å². The third kappa shape index (κ3) is 0.841. The number of hydrogen-bond donors (Lipinski definition) is 0. The first kappa shape index (κ1) is 4.83. The lowest BCUT2D eigenvalue weighted by Crippen LogP contribution is -1.59. The van der Waals surface area contributed by atoms with Crippen LogP contribution in [0.3, 0.4) is 0 Å². The Morgan fingerprint density at radius 3 is 2.62 bits per heavy atom. The van der Waals surface area contributed by atoms with Crippen LogP contribution in [0.15, 0.2) is 27.2 Å². The zero-order valence-corrected chi connectivity index (χ0v) is 3.98. The van der Waals surface area contributed by atoms with Crippen LogP contribution in [-0.2, 0) is 0 Å². The van der Waals surface area contributed by atoms with Crippen LogP contribution in [0.1, 0.15) is 0 Å². The van der Waals surface area contributed by atoms with Gasteiger partial charge in [0, 0.05) is 12.4 Å². The first-order chi connectivity index (χ1) is 3.93. The molecule has 1 heterocycles. The molecule has 0 aliphatic carbocycles. The van der Waals surface area contributed by atoms with Crippen LogP contribution in [0.4, 0.5) is 0 Å². The standard InChI is InChI=1S/C4H3N3O/c8-7-3-4-5-1-2-6-4/h1-3H. The average Bonchev–Trinajstić information content (AvgIpc) is 2.19. The minimum absolute atomic E-state index is 0.361. The highest BCUT2D eigenvalue weighted by Crippen LogP contribution is 1.99. The fourth-order valence-corrected chi connectivity index (χ4v) is 0.367. The van der Waals surface area contributed by atoms with E-state index in [2.05, 4.69) is 15.2 Å². The van der Waals surface area contributed by atoms with Crippen molar-refractivity contribution in [3.05, 3.63) is 16.9 Å². The summed E-state index contributed by atoms with van der Waals surface area (Å²) in [4.78, 5) is 16.8. The van der Waals surface area contributed by atoms with Crippen LogP contribution in [0.2, 0.25) is 0 Å². The Morgan fingerprint density at radius 1 is 1.50 bits per heavy atom. The monoisotopic (exact) mass is 109 g/mol. The Labute approximate surface area is 45.6 Å². The zero-order chi connectivity index (χ0) is 5.82. The predicted octanol–water partition coefficient (Wildman–Crippen LogP) is 0.707. The molecule has 0 saturated carbocycles. The third-order valence-corrected chi connectivity index (χ3v) is 0.648. The summed E-state index contributed by atoms with van der Waals surface area (Å²) in [5.74, 6) is 0.361. The summed E-state index contributed by atoms with van der Waals surface area (Å²) in [6.45, 7) is 0. The summed E-state index contributed by atoms with van der Waals surface area (Å²) < 4.78 is 0. The molecular formula is C4H3N3O. The van der Waals surface area contributed by atoms with Crippen molar-refractivity contribution in [1.82, 2.24) is 0 Å². The first-order valence-corrected chi connectivity index (χ1v) is 2.03. The molecule has 4 heteroatoms. The van der Waals surface area contributed by atoms with Gasteiger partial charge in [-0.3, -0.25) is 0 Å².